The van der Waals surface area contributed by atoms with Gasteiger partial charge >= 0.3 is 0 Å². The van der Waals surface area contributed by atoms with Crippen molar-refractivity contribution in [3.63, 3.8) is 0 Å². The van der Waals surface area contributed by atoms with Crippen molar-refractivity contribution < 1.29 is 0 Å². The molecule has 0 atom stereocenters. The summed E-state index contributed by atoms with van der Waals surface area (Å²) in [4.78, 5) is 8.07. The zero-order valence-corrected chi connectivity index (χ0v) is 11.5. The Balaban J connectivity index is 2.03. The molecule has 0 aliphatic carbocycles. The molecule has 0 bridgehead atoms. The van der Waals surface area contributed by atoms with Crippen molar-refractivity contribution in [3.8, 4) is 0 Å². The number of rotatable bonds is 6. The standard InChI is InChI=1S/C14H20N2S/c1-3-9-16(4-2)10-7-12-11-17-14-13(12)6-5-8-15-14/h5-6,8,11H,3-4,7,9-10H2,1-2H3. The first-order valence-corrected chi connectivity index (χ1v) is 7.26. The van der Waals surface area contributed by atoms with E-state index in [2.05, 4.69) is 35.2 Å². The molecule has 2 aromatic heterocycles. The normalized spacial score (nSPS) is 11.5. The number of aromatic nitrogens is 1. The average molecular weight is 248 g/mol. The second kappa shape index (κ2) is 6.12. The van der Waals surface area contributed by atoms with Crippen molar-refractivity contribution in [2.75, 3.05) is 19.6 Å². The smallest absolute Gasteiger partial charge is 0.123 e. The molecular formula is C14H20N2S. The number of hydrogen-bond donors (Lipinski definition) is 0. The molecular weight excluding hydrogens is 228 g/mol. The Hall–Kier alpha value is -0.930. The highest BCUT2D eigenvalue weighted by Crippen LogP contribution is 2.24. The predicted molar refractivity (Wildman–Crippen MR) is 75.7 cm³/mol. The third kappa shape index (κ3) is 3.05. The fraction of sp³-hybridized carbons (Fsp3) is 0.500. The molecule has 0 aliphatic rings. The predicted octanol–water partition coefficient (Wildman–Crippen LogP) is 3.57. The van der Waals surface area contributed by atoms with E-state index in [9.17, 15) is 0 Å². The number of nitrogens with zero attached hydrogens (tertiary/aromatic N) is 2. The Morgan fingerprint density at radius 2 is 2.18 bits per heavy atom. The van der Waals surface area contributed by atoms with Crippen LogP contribution in [0, 0.1) is 0 Å². The van der Waals surface area contributed by atoms with Gasteiger partial charge in [-0.05, 0) is 42.9 Å². The monoisotopic (exact) mass is 248 g/mol. The summed E-state index contributed by atoms with van der Waals surface area (Å²) in [7, 11) is 0. The van der Waals surface area contributed by atoms with Crippen LogP contribution in [0.1, 0.15) is 25.8 Å². The minimum atomic E-state index is 1.14. The Kier molecular flexibility index (Phi) is 4.51. The first kappa shape index (κ1) is 12.5. The Labute approximate surface area is 107 Å². The van der Waals surface area contributed by atoms with Crippen LogP contribution in [-0.4, -0.2) is 29.5 Å². The summed E-state index contributed by atoms with van der Waals surface area (Å²) >= 11 is 1.76. The van der Waals surface area contributed by atoms with Crippen molar-refractivity contribution in [1.82, 2.24) is 9.88 Å². The molecule has 92 valence electrons. The first-order valence-electron chi connectivity index (χ1n) is 6.38. The van der Waals surface area contributed by atoms with Crippen LogP contribution in [0.5, 0.6) is 0 Å². The molecule has 0 spiro atoms. The molecule has 2 rings (SSSR count). The number of thiophene rings is 1. The molecule has 0 aromatic carbocycles. The molecule has 2 nitrogen and oxygen atoms in total. The SMILES string of the molecule is CCCN(CC)CCc1csc2ncccc12. The van der Waals surface area contributed by atoms with Crippen molar-refractivity contribution in [3.05, 3.63) is 29.3 Å². The highest BCUT2D eigenvalue weighted by molar-refractivity contribution is 7.16. The van der Waals surface area contributed by atoms with Gasteiger partial charge in [-0.15, -0.1) is 11.3 Å². The van der Waals surface area contributed by atoms with Crippen LogP contribution in [0.3, 0.4) is 0 Å². The Morgan fingerprint density at radius 1 is 1.29 bits per heavy atom. The maximum atomic E-state index is 4.39. The zero-order chi connectivity index (χ0) is 12.1. The molecule has 0 fully saturated rings. The number of hydrogen-bond acceptors (Lipinski definition) is 3. The van der Waals surface area contributed by atoms with Crippen LogP contribution in [0.2, 0.25) is 0 Å². The van der Waals surface area contributed by atoms with Crippen molar-refractivity contribution in [2.45, 2.75) is 26.7 Å². The maximum absolute atomic E-state index is 4.39. The van der Waals surface area contributed by atoms with Gasteiger partial charge in [0.15, 0.2) is 0 Å². The largest absolute Gasteiger partial charge is 0.303 e. The first-order chi connectivity index (χ1) is 8.35. The second-order valence-corrected chi connectivity index (χ2v) is 5.16. The summed E-state index contributed by atoms with van der Waals surface area (Å²) in [5, 5.41) is 3.60. The molecule has 0 aliphatic heterocycles. The summed E-state index contributed by atoms with van der Waals surface area (Å²) in [5.41, 5.74) is 1.45. The molecule has 2 aromatic rings. The van der Waals surface area contributed by atoms with Crippen LogP contribution in [0.15, 0.2) is 23.7 Å². The van der Waals surface area contributed by atoms with Crippen LogP contribution in [0.25, 0.3) is 10.2 Å². The van der Waals surface area contributed by atoms with E-state index in [0.717, 1.165) is 19.5 Å². The lowest BCUT2D eigenvalue weighted by atomic mass is 10.1. The van der Waals surface area contributed by atoms with Gasteiger partial charge in [0.1, 0.15) is 4.83 Å². The summed E-state index contributed by atoms with van der Waals surface area (Å²) < 4.78 is 0. The molecule has 17 heavy (non-hydrogen) atoms. The molecule has 0 saturated carbocycles. The number of likely N-dealkylation sites (N-methyl/N-ethyl adjacent to an activating group) is 1. The summed E-state index contributed by atoms with van der Waals surface area (Å²) in [6.07, 6.45) is 4.25. The van der Waals surface area contributed by atoms with Crippen LogP contribution < -0.4 is 0 Å². The molecule has 0 amide bonds. The molecule has 0 N–H and O–H groups in total. The van der Waals surface area contributed by atoms with Gasteiger partial charge in [-0.25, -0.2) is 4.98 Å². The Morgan fingerprint density at radius 3 is 2.94 bits per heavy atom. The highest BCUT2D eigenvalue weighted by atomic mass is 32.1. The average Bonchev–Trinajstić information content (AvgIpc) is 2.78. The van der Waals surface area contributed by atoms with Gasteiger partial charge in [-0.3, -0.25) is 0 Å². The summed E-state index contributed by atoms with van der Waals surface area (Å²) in [5.74, 6) is 0. The highest BCUT2D eigenvalue weighted by Gasteiger charge is 2.06. The molecule has 2 heterocycles. The van der Waals surface area contributed by atoms with Crippen LogP contribution >= 0.6 is 11.3 Å². The van der Waals surface area contributed by atoms with Gasteiger partial charge < -0.3 is 4.90 Å². The van der Waals surface area contributed by atoms with E-state index < -0.39 is 0 Å². The van der Waals surface area contributed by atoms with Crippen LogP contribution in [0.4, 0.5) is 0 Å². The lowest BCUT2D eigenvalue weighted by Crippen LogP contribution is -2.26. The number of fused-ring (bicyclic) bond motifs is 1. The van der Waals surface area contributed by atoms with E-state index in [1.807, 2.05) is 12.3 Å². The van der Waals surface area contributed by atoms with Gasteiger partial charge in [-0.2, -0.15) is 0 Å². The molecule has 0 radical (unpaired) electrons. The topological polar surface area (TPSA) is 16.1 Å². The van der Waals surface area contributed by atoms with Gasteiger partial charge in [0, 0.05) is 18.1 Å². The third-order valence-corrected chi connectivity index (χ3v) is 4.07. The fourth-order valence-corrected chi connectivity index (χ4v) is 3.08. The van der Waals surface area contributed by atoms with Gasteiger partial charge in [0.05, 0.1) is 0 Å². The van der Waals surface area contributed by atoms with E-state index in [0.29, 0.717) is 0 Å². The third-order valence-electron chi connectivity index (χ3n) is 3.11. The van der Waals surface area contributed by atoms with Gasteiger partial charge in [0.2, 0.25) is 0 Å². The molecule has 3 heteroatoms. The van der Waals surface area contributed by atoms with Gasteiger partial charge in [-0.1, -0.05) is 19.9 Å². The van der Waals surface area contributed by atoms with E-state index in [1.165, 1.54) is 28.7 Å². The van der Waals surface area contributed by atoms with Crippen molar-refractivity contribution in [2.24, 2.45) is 0 Å². The maximum Gasteiger partial charge on any atom is 0.123 e. The summed E-state index contributed by atoms with van der Waals surface area (Å²) in [6, 6.07) is 4.21. The minimum Gasteiger partial charge on any atom is -0.303 e. The van der Waals surface area contributed by atoms with E-state index in [4.69, 9.17) is 0 Å². The van der Waals surface area contributed by atoms with Crippen molar-refractivity contribution in [1.29, 1.82) is 0 Å². The molecule has 0 unspecified atom stereocenters. The zero-order valence-electron chi connectivity index (χ0n) is 10.6. The van der Waals surface area contributed by atoms with Crippen LogP contribution in [-0.2, 0) is 6.42 Å². The second-order valence-electron chi connectivity index (χ2n) is 4.30. The van der Waals surface area contributed by atoms with Crippen molar-refractivity contribution >= 4 is 21.6 Å². The lowest BCUT2D eigenvalue weighted by molar-refractivity contribution is 0.293. The molecule has 0 saturated heterocycles. The summed E-state index contributed by atoms with van der Waals surface area (Å²) in [6.45, 7) is 7.99. The number of pyridine rings is 1. The Bertz CT molecular complexity index is 464. The fourth-order valence-electron chi connectivity index (χ4n) is 2.14. The van der Waals surface area contributed by atoms with E-state index in [-0.39, 0.29) is 0 Å². The van der Waals surface area contributed by atoms with Gasteiger partial charge in [0.25, 0.3) is 0 Å². The van der Waals surface area contributed by atoms with E-state index >= 15 is 0 Å². The van der Waals surface area contributed by atoms with E-state index in [1.54, 1.807) is 11.3 Å². The minimum absolute atomic E-state index is 1.14. The lowest BCUT2D eigenvalue weighted by Gasteiger charge is -2.18. The quantitative estimate of drug-likeness (QED) is 0.777.